The molecule has 26 heavy (non-hydrogen) atoms. The second kappa shape index (κ2) is 7.21. The summed E-state index contributed by atoms with van der Waals surface area (Å²) in [7, 11) is 2.08. The summed E-state index contributed by atoms with van der Waals surface area (Å²) in [6.07, 6.45) is 3.65. The average molecular weight is 354 g/mol. The second-order valence-electron chi connectivity index (χ2n) is 6.62. The van der Waals surface area contributed by atoms with Gasteiger partial charge in [-0.1, -0.05) is 6.07 Å². The minimum Gasteiger partial charge on any atom is -0.486 e. The van der Waals surface area contributed by atoms with Crippen LogP contribution in [-0.2, 0) is 6.54 Å². The van der Waals surface area contributed by atoms with E-state index in [0.717, 1.165) is 12.3 Å². The van der Waals surface area contributed by atoms with E-state index in [-0.39, 0.29) is 6.03 Å². The first-order valence-corrected chi connectivity index (χ1v) is 8.74. The van der Waals surface area contributed by atoms with Crippen molar-refractivity contribution in [1.29, 1.82) is 0 Å². The maximum absolute atomic E-state index is 12.4. The van der Waals surface area contributed by atoms with E-state index >= 15 is 0 Å². The van der Waals surface area contributed by atoms with Crippen LogP contribution in [-0.4, -0.2) is 60.2 Å². The van der Waals surface area contributed by atoms with Crippen molar-refractivity contribution in [1.82, 2.24) is 14.8 Å². The zero-order chi connectivity index (χ0) is 17.9. The normalized spacial score (nSPS) is 16.3. The summed E-state index contributed by atoms with van der Waals surface area (Å²) in [4.78, 5) is 20.6. The molecule has 0 unspecified atom stereocenters. The molecule has 0 radical (unpaired) electrons. The highest BCUT2D eigenvalue weighted by molar-refractivity contribution is 5.90. The number of hydrogen-bond acceptors (Lipinski definition) is 5. The summed E-state index contributed by atoms with van der Waals surface area (Å²) in [5, 5.41) is 2.93. The number of pyridine rings is 1. The number of hydrogen-bond donors (Lipinski definition) is 1. The van der Waals surface area contributed by atoms with Gasteiger partial charge in [0.05, 0.1) is 0 Å². The Hall–Kier alpha value is -2.80. The first kappa shape index (κ1) is 16.7. The standard InChI is InChI=1S/C19H22N4O3/c1-22(11-14-3-2-6-20-10-14)16-12-23(13-16)19(24)21-15-4-5-17-18(9-15)26-8-7-25-17/h2-6,9-10,16H,7-8,11-13H2,1H3,(H,21,24). The Labute approximate surface area is 152 Å². The van der Waals surface area contributed by atoms with Crippen LogP contribution in [0, 0.1) is 0 Å². The molecule has 1 fully saturated rings. The van der Waals surface area contributed by atoms with Crippen molar-refractivity contribution in [3.05, 3.63) is 48.3 Å². The number of carbonyl (C=O) groups is 1. The third-order valence-electron chi connectivity index (χ3n) is 4.72. The number of aromatic nitrogens is 1. The fourth-order valence-corrected chi connectivity index (χ4v) is 3.13. The highest BCUT2D eigenvalue weighted by Gasteiger charge is 2.33. The molecule has 2 aliphatic rings. The predicted molar refractivity (Wildman–Crippen MR) is 97.5 cm³/mol. The van der Waals surface area contributed by atoms with Crippen LogP contribution in [0.3, 0.4) is 0 Å². The van der Waals surface area contributed by atoms with Gasteiger partial charge in [0.1, 0.15) is 13.2 Å². The highest BCUT2D eigenvalue weighted by Crippen LogP contribution is 2.32. The molecule has 2 amide bonds. The van der Waals surface area contributed by atoms with Crippen molar-refractivity contribution in [2.75, 3.05) is 38.7 Å². The third-order valence-corrected chi connectivity index (χ3v) is 4.72. The number of likely N-dealkylation sites (tertiary alicyclic amines) is 1. The van der Waals surface area contributed by atoms with Gasteiger partial charge in [-0.05, 0) is 30.8 Å². The number of anilines is 1. The van der Waals surface area contributed by atoms with Gasteiger partial charge < -0.3 is 19.7 Å². The summed E-state index contributed by atoms with van der Waals surface area (Å²) in [5.74, 6) is 1.39. The first-order valence-electron chi connectivity index (χ1n) is 8.74. The molecule has 1 N–H and O–H groups in total. The van der Waals surface area contributed by atoms with Gasteiger partial charge in [-0.3, -0.25) is 9.88 Å². The summed E-state index contributed by atoms with van der Waals surface area (Å²) in [5.41, 5.74) is 1.89. The van der Waals surface area contributed by atoms with Crippen molar-refractivity contribution in [3.8, 4) is 11.5 Å². The molecule has 1 aromatic heterocycles. The number of nitrogens with zero attached hydrogens (tertiary/aromatic N) is 3. The predicted octanol–water partition coefficient (Wildman–Crippen LogP) is 2.20. The lowest BCUT2D eigenvalue weighted by Crippen LogP contribution is -2.60. The van der Waals surface area contributed by atoms with Crippen LogP contribution in [0.5, 0.6) is 11.5 Å². The Morgan fingerprint density at radius 3 is 2.85 bits per heavy atom. The van der Waals surface area contributed by atoms with Crippen molar-refractivity contribution < 1.29 is 14.3 Å². The minimum absolute atomic E-state index is 0.0901. The Balaban J connectivity index is 1.28. The number of nitrogens with one attached hydrogen (secondary N) is 1. The van der Waals surface area contributed by atoms with E-state index in [1.165, 1.54) is 5.56 Å². The molecule has 0 aliphatic carbocycles. The molecule has 2 aromatic rings. The zero-order valence-corrected chi connectivity index (χ0v) is 14.7. The van der Waals surface area contributed by atoms with E-state index in [1.54, 1.807) is 17.2 Å². The summed E-state index contributed by atoms with van der Waals surface area (Å²) < 4.78 is 11.0. The molecular weight excluding hydrogens is 332 g/mol. The topological polar surface area (TPSA) is 66.9 Å². The van der Waals surface area contributed by atoms with Gasteiger partial charge in [-0.2, -0.15) is 0 Å². The largest absolute Gasteiger partial charge is 0.486 e. The Bertz CT molecular complexity index is 778. The molecule has 7 nitrogen and oxygen atoms in total. The Morgan fingerprint density at radius 2 is 2.08 bits per heavy atom. The molecule has 0 bridgehead atoms. The second-order valence-corrected chi connectivity index (χ2v) is 6.62. The van der Waals surface area contributed by atoms with Crippen molar-refractivity contribution in [2.45, 2.75) is 12.6 Å². The van der Waals surface area contributed by atoms with Gasteiger partial charge >= 0.3 is 6.03 Å². The number of fused-ring (bicyclic) bond motifs is 1. The highest BCUT2D eigenvalue weighted by atomic mass is 16.6. The van der Waals surface area contributed by atoms with Crippen LogP contribution in [0.1, 0.15) is 5.56 Å². The lowest BCUT2D eigenvalue weighted by Gasteiger charge is -2.43. The van der Waals surface area contributed by atoms with Gasteiger partial charge in [0.2, 0.25) is 0 Å². The van der Waals surface area contributed by atoms with Crippen molar-refractivity contribution >= 4 is 11.7 Å². The smallest absolute Gasteiger partial charge is 0.321 e. The number of amides is 2. The summed E-state index contributed by atoms with van der Waals surface area (Å²) >= 11 is 0. The molecule has 1 saturated heterocycles. The van der Waals surface area contributed by atoms with Gasteiger partial charge in [-0.15, -0.1) is 0 Å². The molecular formula is C19H22N4O3. The first-order chi connectivity index (χ1) is 12.7. The van der Waals surface area contributed by atoms with E-state index in [4.69, 9.17) is 9.47 Å². The van der Waals surface area contributed by atoms with E-state index < -0.39 is 0 Å². The lowest BCUT2D eigenvalue weighted by molar-refractivity contribution is 0.0743. The van der Waals surface area contributed by atoms with E-state index in [0.29, 0.717) is 43.8 Å². The summed E-state index contributed by atoms with van der Waals surface area (Å²) in [6.45, 7) is 3.35. The van der Waals surface area contributed by atoms with Crippen LogP contribution in [0.4, 0.5) is 10.5 Å². The monoisotopic (exact) mass is 354 g/mol. The van der Waals surface area contributed by atoms with Gasteiger partial charge in [0.25, 0.3) is 0 Å². The fraction of sp³-hybridized carbons (Fsp3) is 0.368. The molecule has 1 aromatic carbocycles. The maximum Gasteiger partial charge on any atom is 0.321 e. The van der Waals surface area contributed by atoms with E-state index in [1.807, 2.05) is 24.4 Å². The fourth-order valence-electron chi connectivity index (χ4n) is 3.13. The van der Waals surface area contributed by atoms with Crippen LogP contribution in [0.25, 0.3) is 0 Å². The molecule has 0 saturated carbocycles. The number of ether oxygens (including phenoxy) is 2. The van der Waals surface area contributed by atoms with E-state index in [9.17, 15) is 4.79 Å². The Kier molecular flexibility index (Phi) is 4.62. The van der Waals surface area contributed by atoms with Crippen LogP contribution in [0.2, 0.25) is 0 Å². The number of rotatable bonds is 4. The lowest BCUT2D eigenvalue weighted by atomic mass is 10.1. The number of likely N-dealkylation sites (N-methyl/N-ethyl adjacent to an activating group) is 1. The van der Waals surface area contributed by atoms with Crippen LogP contribution < -0.4 is 14.8 Å². The van der Waals surface area contributed by atoms with Crippen molar-refractivity contribution in [2.24, 2.45) is 0 Å². The maximum atomic E-state index is 12.4. The zero-order valence-electron chi connectivity index (χ0n) is 14.7. The molecule has 0 atom stereocenters. The number of carbonyl (C=O) groups excluding carboxylic acids is 1. The van der Waals surface area contributed by atoms with Gasteiger partial charge in [-0.25, -0.2) is 4.79 Å². The molecule has 2 aliphatic heterocycles. The number of urea groups is 1. The number of benzene rings is 1. The average Bonchev–Trinajstić information content (AvgIpc) is 2.61. The van der Waals surface area contributed by atoms with Gasteiger partial charge in [0.15, 0.2) is 11.5 Å². The minimum atomic E-state index is -0.0901. The van der Waals surface area contributed by atoms with Crippen LogP contribution >= 0.6 is 0 Å². The van der Waals surface area contributed by atoms with Crippen molar-refractivity contribution in [3.63, 3.8) is 0 Å². The SMILES string of the molecule is CN(Cc1cccnc1)C1CN(C(=O)Nc2ccc3c(c2)OCCO3)C1. The van der Waals surface area contributed by atoms with Gasteiger partial charge in [0, 0.05) is 49.8 Å². The quantitative estimate of drug-likeness (QED) is 0.912. The Morgan fingerprint density at radius 1 is 1.27 bits per heavy atom. The van der Waals surface area contributed by atoms with E-state index in [2.05, 4.69) is 28.3 Å². The molecule has 136 valence electrons. The molecule has 4 rings (SSSR count). The van der Waals surface area contributed by atoms with Crippen LogP contribution in [0.15, 0.2) is 42.7 Å². The molecule has 3 heterocycles. The molecule has 7 heteroatoms. The third kappa shape index (κ3) is 3.57. The molecule has 0 spiro atoms. The summed E-state index contributed by atoms with van der Waals surface area (Å²) in [6, 6.07) is 9.74.